The van der Waals surface area contributed by atoms with Crippen molar-refractivity contribution in [2.45, 2.75) is 12.5 Å². The monoisotopic (exact) mass is 332 g/mol. The Morgan fingerprint density at radius 1 is 1.04 bits per heavy atom. The van der Waals surface area contributed by atoms with E-state index in [1.165, 1.54) is 16.5 Å². The van der Waals surface area contributed by atoms with Crippen LogP contribution in [0.1, 0.15) is 6.42 Å². The van der Waals surface area contributed by atoms with Gasteiger partial charge in [0.25, 0.3) is 0 Å². The van der Waals surface area contributed by atoms with Crippen molar-refractivity contribution in [2.75, 3.05) is 23.3 Å². The van der Waals surface area contributed by atoms with E-state index in [1.54, 1.807) is 12.3 Å². The van der Waals surface area contributed by atoms with Gasteiger partial charge in [-0.2, -0.15) is 0 Å². The first-order valence-corrected chi connectivity index (χ1v) is 8.51. The van der Waals surface area contributed by atoms with Crippen LogP contribution in [0.4, 0.5) is 16.3 Å². The van der Waals surface area contributed by atoms with Crippen molar-refractivity contribution in [3.05, 3.63) is 66.9 Å². The second kappa shape index (κ2) is 6.81. The smallest absolute Gasteiger partial charge is 0.320 e. The molecule has 0 saturated carbocycles. The molecule has 1 fully saturated rings. The molecule has 1 aromatic heterocycles. The molecule has 25 heavy (non-hydrogen) atoms. The van der Waals surface area contributed by atoms with Crippen LogP contribution in [0, 0.1) is 0 Å². The van der Waals surface area contributed by atoms with Crippen LogP contribution in [0.3, 0.4) is 0 Å². The quantitative estimate of drug-likeness (QED) is 0.770. The van der Waals surface area contributed by atoms with Crippen molar-refractivity contribution in [1.82, 2.24) is 10.3 Å². The van der Waals surface area contributed by atoms with E-state index in [0.29, 0.717) is 5.82 Å². The highest BCUT2D eigenvalue weighted by atomic mass is 16.2. The van der Waals surface area contributed by atoms with Crippen molar-refractivity contribution in [3.63, 3.8) is 0 Å². The Balaban J connectivity index is 1.42. The van der Waals surface area contributed by atoms with Gasteiger partial charge in [-0.25, -0.2) is 9.78 Å². The van der Waals surface area contributed by atoms with Crippen molar-refractivity contribution in [2.24, 2.45) is 0 Å². The summed E-state index contributed by atoms with van der Waals surface area (Å²) in [6, 6.07) is 20.1. The van der Waals surface area contributed by atoms with Crippen molar-refractivity contribution < 1.29 is 4.79 Å². The number of amides is 2. The molecule has 0 radical (unpaired) electrons. The highest BCUT2D eigenvalue weighted by Crippen LogP contribution is 2.29. The fraction of sp³-hybridized carbons (Fsp3) is 0.200. The summed E-state index contributed by atoms with van der Waals surface area (Å²) < 4.78 is 0. The summed E-state index contributed by atoms with van der Waals surface area (Å²) in [5.41, 5.74) is 1.23. The van der Waals surface area contributed by atoms with Crippen LogP contribution in [0.2, 0.25) is 0 Å². The molecule has 5 heteroatoms. The van der Waals surface area contributed by atoms with Crippen molar-refractivity contribution in [3.8, 4) is 0 Å². The molecule has 2 heterocycles. The molecule has 1 aliphatic rings. The van der Waals surface area contributed by atoms with Crippen LogP contribution < -0.4 is 15.5 Å². The Hall–Kier alpha value is -3.08. The number of carbonyl (C=O) groups excluding carboxylic acids is 1. The summed E-state index contributed by atoms with van der Waals surface area (Å²) in [6.07, 6.45) is 2.59. The number of nitrogens with one attached hydrogen (secondary N) is 2. The second-order valence-corrected chi connectivity index (χ2v) is 6.24. The van der Waals surface area contributed by atoms with Crippen molar-refractivity contribution >= 4 is 28.3 Å². The first-order chi connectivity index (χ1) is 12.3. The number of anilines is 2. The molecular formula is C20H20N4O. The normalized spacial score (nSPS) is 16.8. The lowest BCUT2D eigenvalue weighted by Gasteiger charge is -2.21. The number of benzene rings is 2. The van der Waals surface area contributed by atoms with E-state index < -0.39 is 0 Å². The van der Waals surface area contributed by atoms with E-state index in [4.69, 9.17) is 0 Å². The summed E-state index contributed by atoms with van der Waals surface area (Å²) >= 11 is 0. The molecule has 0 bridgehead atoms. The number of fused-ring (bicyclic) bond motifs is 1. The van der Waals surface area contributed by atoms with Crippen LogP contribution in [-0.2, 0) is 0 Å². The first-order valence-electron chi connectivity index (χ1n) is 8.51. The van der Waals surface area contributed by atoms with E-state index >= 15 is 0 Å². The molecule has 0 spiro atoms. The lowest BCUT2D eigenvalue weighted by atomic mass is 10.1. The molecule has 3 aromatic rings. The van der Waals surface area contributed by atoms with Gasteiger partial charge < -0.3 is 10.2 Å². The molecule has 1 aliphatic heterocycles. The summed E-state index contributed by atoms with van der Waals surface area (Å²) in [7, 11) is 0. The van der Waals surface area contributed by atoms with Gasteiger partial charge in [-0.3, -0.25) is 5.32 Å². The number of nitrogens with zero attached hydrogens (tertiary/aromatic N) is 2. The minimum Gasteiger partial charge on any atom is -0.369 e. The predicted molar refractivity (Wildman–Crippen MR) is 101 cm³/mol. The lowest BCUT2D eigenvalue weighted by Crippen LogP contribution is -2.39. The predicted octanol–water partition coefficient (Wildman–Crippen LogP) is 3.64. The zero-order chi connectivity index (χ0) is 17.1. The molecule has 5 nitrogen and oxygen atoms in total. The van der Waals surface area contributed by atoms with Gasteiger partial charge in [0.15, 0.2) is 0 Å². The van der Waals surface area contributed by atoms with E-state index in [2.05, 4.69) is 63.0 Å². The lowest BCUT2D eigenvalue weighted by molar-refractivity contribution is 0.249. The molecule has 2 aromatic carbocycles. The van der Waals surface area contributed by atoms with Gasteiger partial charge in [0, 0.05) is 36.4 Å². The Morgan fingerprint density at radius 3 is 2.76 bits per heavy atom. The average Bonchev–Trinajstić information content (AvgIpc) is 3.10. The molecule has 1 unspecified atom stereocenters. The third-order valence-corrected chi connectivity index (χ3v) is 4.54. The molecule has 4 rings (SSSR count). The first kappa shape index (κ1) is 15.4. The topological polar surface area (TPSA) is 57.3 Å². The van der Waals surface area contributed by atoms with Crippen LogP contribution in [-0.4, -0.2) is 30.1 Å². The zero-order valence-electron chi connectivity index (χ0n) is 13.9. The number of hydrogen-bond donors (Lipinski definition) is 2. The minimum atomic E-state index is -0.205. The van der Waals surface area contributed by atoms with E-state index in [1.807, 2.05) is 12.1 Å². The van der Waals surface area contributed by atoms with Gasteiger partial charge >= 0.3 is 6.03 Å². The van der Waals surface area contributed by atoms with Crippen LogP contribution in [0.15, 0.2) is 66.9 Å². The number of aromatic nitrogens is 1. The zero-order valence-corrected chi connectivity index (χ0v) is 13.9. The fourth-order valence-corrected chi connectivity index (χ4v) is 3.36. The average molecular weight is 332 g/mol. The number of hydrogen-bond acceptors (Lipinski definition) is 3. The second-order valence-electron chi connectivity index (χ2n) is 6.24. The molecule has 126 valence electrons. The third-order valence-electron chi connectivity index (χ3n) is 4.54. The molecule has 1 saturated heterocycles. The summed E-state index contributed by atoms with van der Waals surface area (Å²) in [5, 5.41) is 8.31. The highest BCUT2D eigenvalue weighted by molar-refractivity contribution is 5.94. The van der Waals surface area contributed by atoms with E-state index in [-0.39, 0.29) is 12.1 Å². The van der Waals surface area contributed by atoms with Gasteiger partial charge in [0.2, 0.25) is 0 Å². The number of rotatable bonds is 3. The Bertz CT molecular complexity index is 876. The molecule has 0 aliphatic carbocycles. The third kappa shape index (κ3) is 3.40. The molecule has 1 atom stereocenters. The molecular weight excluding hydrogens is 312 g/mol. The Kier molecular flexibility index (Phi) is 4.21. The maximum Gasteiger partial charge on any atom is 0.320 e. The van der Waals surface area contributed by atoms with Crippen LogP contribution in [0.5, 0.6) is 0 Å². The van der Waals surface area contributed by atoms with Gasteiger partial charge in [0.1, 0.15) is 5.82 Å². The van der Waals surface area contributed by atoms with E-state index in [0.717, 1.165) is 19.5 Å². The maximum absolute atomic E-state index is 12.1. The fourth-order valence-electron chi connectivity index (χ4n) is 3.36. The van der Waals surface area contributed by atoms with E-state index in [9.17, 15) is 4.79 Å². The molecule has 2 amide bonds. The van der Waals surface area contributed by atoms with Crippen LogP contribution in [0.25, 0.3) is 10.8 Å². The number of carbonyl (C=O) groups is 1. The maximum atomic E-state index is 12.1. The standard InChI is InChI=1S/C20H20N4O/c25-20(23-19-10-3-4-12-21-19)22-16-11-13-24(14-16)18-9-5-7-15-6-1-2-8-17(15)18/h1-10,12,16H,11,13-14H2,(H2,21,22,23,25). The summed E-state index contributed by atoms with van der Waals surface area (Å²) in [5.74, 6) is 0.559. The van der Waals surface area contributed by atoms with Crippen molar-refractivity contribution in [1.29, 1.82) is 0 Å². The van der Waals surface area contributed by atoms with Crippen LogP contribution >= 0.6 is 0 Å². The Labute approximate surface area is 146 Å². The largest absolute Gasteiger partial charge is 0.369 e. The Morgan fingerprint density at radius 2 is 1.88 bits per heavy atom. The summed E-state index contributed by atoms with van der Waals surface area (Å²) in [6.45, 7) is 1.74. The van der Waals surface area contributed by atoms with Gasteiger partial charge in [-0.05, 0) is 30.0 Å². The minimum absolute atomic E-state index is 0.127. The van der Waals surface area contributed by atoms with Gasteiger partial charge in [-0.1, -0.05) is 42.5 Å². The SMILES string of the molecule is O=C(Nc1ccccn1)NC1CCN(c2cccc3ccccc23)C1. The van der Waals surface area contributed by atoms with Gasteiger partial charge in [-0.15, -0.1) is 0 Å². The van der Waals surface area contributed by atoms with Gasteiger partial charge in [0.05, 0.1) is 0 Å². The highest BCUT2D eigenvalue weighted by Gasteiger charge is 2.25. The summed E-state index contributed by atoms with van der Waals surface area (Å²) in [4.78, 5) is 18.6. The molecule has 2 N–H and O–H groups in total. The number of pyridine rings is 1. The number of urea groups is 1.